The minimum Gasteiger partial charge on any atom is -0.480 e. The highest BCUT2D eigenvalue weighted by molar-refractivity contribution is 7.84. The molecule has 0 saturated heterocycles. The number of carbonyl (C=O) groups is 2. The molecule has 0 radical (unpaired) electrons. The summed E-state index contributed by atoms with van der Waals surface area (Å²) in [6.07, 6.45) is 0. The highest BCUT2D eigenvalue weighted by Crippen LogP contribution is 2.07. The summed E-state index contributed by atoms with van der Waals surface area (Å²) in [5.74, 6) is -2.36. The fraction of sp³-hybridized carbons (Fsp3) is 0.333. The lowest BCUT2D eigenvalue weighted by Gasteiger charge is -2.12. The van der Waals surface area contributed by atoms with E-state index in [9.17, 15) is 18.2 Å². The van der Waals surface area contributed by atoms with Crippen LogP contribution in [0.5, 0.6) is 0 Å². The summed E-state index contributed by atoms with van der Waals surface area (Å²) >= 11 is 0. The number of hydrogen-bond acceptors (Lipinski definition) is 3. The Kier molecular flexibility index (Phi) is 5.62. The van der Waals surface area contributed by atoms with E-state index in [1.807, 2.05) is 0 Å². The first-order valence-corrected chi connectivity index (χ1v) is 6.96. The number of amides is 1. The second kappa shape index (κ2) is 6.98. The Labute approximate surface area is 112 Å². The van der Waals surface area contributed by atoms with Crippen LogP contribution in [0, 0.1) is 5.82 Å². The number of carboxylic acid groups (broad SMARTS) is 1. The predicted octanol–water partition coefficient (Wildman–Crippen LogP) is 0.664. The molecule has 0 aliphatic heterocycles. The Morgan fingerprint density at radius 2 is 2.16 bits per heavy atom. The van der Waals surface area contributed by atoms with Crippen molar-refractivity contribution < 1.29 is 23.3 Å². The van der Waals surface area contributed by atoms with E-state index in [-0.39, 0.29) is 11.5 Å². The average Bonchev–Trinajstić information content (AvgIpc) is 2.27. The van der Waals surface area contributed by atoms with Gasteiger partial charge in [-0.3, -0.25) is 9.00 Å². The molecule has 0 aliphatic rings. The summed E-state index contributed by atoms with van der Waals surface area (Å²) in [5, 5.41) is 11.1. The normalized spacial score (nSPS) is 13.6. The van der Waals surface area contributed by atoms with E-state index in [4.69, 9.17) is 5.11 Å². The minimum atomic E-state index is -1.51. The van der Waals surface area contributed by atoms with Crippen molar-refractivity contribution in [3.05, 3.63) is 35.6 Å². The van der Waals surface area contributed by atoms with Crippen LogP contribution in [0.25, 0.3) is 0 Å². The molecule has 2 atom stereocenters. The maximum atomic E-state index is 12.9. The molecule has 0 fully saturated rings. The smallest absolute Gasteiger partial charge is 0.327 e. The van der Waals surface area contributed by atoms with Gasteiger partial charge < -0.3 is 10.4 Å². The van der Waals surface area contributed by atoms with E-state index in [0.717, 1.165) is 0 Å². The molecule has 7 heteroatoms. The first kappa shape index (κ1) is 15.3. The van der Waals surface area contributed by atoms with E-state index >= 15 is 0 Å². The fourth-order valence-corrected chi connectivity index (χ4v) is 2.74. The van der Waals surface area contributed by atoms with E-state index < -0.39 is 34.5 Å². The van der Waals surface area contributed by atoms with Crippen LogP contribution in [-0.2, 0) is 26.1 Å². The van der Waals surface area contributed by atoms with Crippen LogP contribution in [0.3, 0.4) is 0 Å². The van der Waals surface area contributed by atoms with Crippen LogP contribution in [0.1, 0.15) is 12.5 Å². The van der Waals surface area contributed by atoms with Crippen LogP contribution in [0.4, 0.5) is 4.39 Å². The summed E-state index contributed by atoms with van der Waals surface area (Å²) in [4.78, 5) is 21.7. The summed E-state index contributed by atoms with van der Waals surface area (Å²) in [6.45, 7) is 1.19. The fourth-order valence-electron chi connectivity index (χ4n) is 1.48. The molecular weight excluding hydrogens is 273 g/mol. The maximum absolute atomic E-state index is 12.9. The molecule has 0 spiro atoms. The van der Waals surface area contributed by atoms with Crippen molar-refractivity contribution in [1.82, 2.24) is 5.32 Å². The number of carbonyl (C=O) groups excluding carboxylic acids is 1. The van der Waals surface area contributed by atoms with Crippen LogP contribution >= 0.6 is 0 Å². The molecule has 1 aromatic carbocycles. The monoisotopic (exact) mass is 287 g/mol. The minimum absolute atomic E-state index is 0.0428. The number of halogens is 1. The molecule has 1 amide bonds. The van der Waals surface area contributed by atoms with Crippen molar-refractivity contribution >= 4 is 22.7 Å². The molecule has 104 valence electrons. The van der Waals surface area contributed by atoms with Gasteiger partial charge in [0.2, 0.25) is 5.91 Å². The van der Waals surface area contributed by atoms with Gasteiger partial charge in [-0.05, 0) is 17.7 Å². The Balaban J connectivity index is 2.62. The molecule has 5 nitrogen and oxygen atoms in total. The van der Waals surface area contributed by atoms with Crippen molar-refractivity contribution in [3.63, 3.8) is 0 Å². The first-order valence-electron chi connectivity index (χ1n) is 5.48. The number of benzene rings is 1. The predicted molar refractivity (Wildman–Crippen MR) is 68.4 cm³/mol. The molecular formula is C12H14FNO4S. The summed E-state index contributed by atoms with van der Waals surface area (Å²) in [7, 11) is -1.51. The molecule has 2 N–H and O–H groups in total. The van der Waals surface area contributed by atoms with Crippen molar-refractivity contribution in [2.75, 3.05) is 5.75 Å². The summed E-state index contributed by atoms with van der Waals surface area (Å²) in [6, 6.07) is 4.40. The average molecular weight is 287 g/mol. The van der Waals surface area contributed by atoms with E-state index in [1.165, 1.54) is 25.1 Å². The number of rotatable bonds is 6. The number of nitrogens with one attached hydrogen (secondary N) is 1. The standard InChI is InChI=1S/C12H14FNO4S/c1-8(15)14-11(12(16)17)7-19(18)6-9-3-2-4-10(13)5-9/h2-5,11H,6-7H2,1H3,(H,14,15)(H,16,17). The third-order valence-electron chi connectivity index (χ3n) is 2.24. The second-order valence-corrected chi connectivity index (χ2v) is 5.47. The molecule has 0 bridgehead atoms. The Morgan fingerprint density at radius 3 is 2.68 bits per heavy atom. The lowest BCUT2D eigenvalue weighted by Crippen LogP contribution is -2.43. The Morgan fingerprint density at radius 1 is 1.47 bits per heavy atom. The van der Waals surface area contributed by atoms with Crippen molar-refractivity contribution in [1.29, 1.82) is 0 Å². The van der Waals surface area contributed by atoms with Gasteiger partial charge in [0.15, 0.2) is 0 Å². The van der Waals surface area contributed by atoms with Gasteiger partial charge in [0, 0.05) is 23.5 Å². The quantitative estimate of drug-likeness (QED) is 0.805. The van der Waals surface area contributed by atoms with E-state index in [2.05, 4.69) is 5.32 Å². The van der Waals surface area contributed by atoms with Crippen LogP contribution in [0.15, 0.2) is 24.3 Å². The Hall–Kier alpha value is -1.76. The lowest BCUT2D eigenvalue weighted by molar-refractivity contribution is -0.140. The third kappa shape index (κ3) is 5.60. The van der Waals surface area contributed by atoms with E-state index in [1.54, 1.807) is 6.07 Å². The van der Waals surface area contributed by atoms with Gasteiger partial charge in [-0.1, -0.05) is 12.1 Å². The molecule has 2 unspecified atom stereocenters. The first-order chi connectivity index (χ1) is 8.88. The lowest BCUT2D eigenvalue weighted by atomic mass is 10.2. The molecule has 0 aromatic heterocycles. The van der Waals surface area contributed by atoms with Gasteiger partial charge in [-0.25, -0.2) is 9.18 Å². The van der Waals surface area contributed by atoms with Crippen molar-refractivity contribution in [2.24, 2.45) is 0 Å². The highest BCUT2D eigenvalue weighted by Gasteiger charge is 2.21. The van der Waals surface area contributed by atoms with Crippen molar-refractivity contribution in [3.8, 4) is 0 Å². The number of hydrogen-bond donors (Lipinski definition) is 2. The summed E-state index contributed by atoms with van der Waals surface area (Å²) < 4.78 is 24.7. The number of carboxylic acids is 1. The van der Waals surface area contributed by atoms with Crippen LogP contribution in [0.2, 0.25) is 0 Å². The van der Waals surface area contributed by atoms with Crippen LogP contribution in [-0.4, -0.2) is 33.0 Å². The molecule has 1 rings (SSSR count). The van der Waals surface area contributed by atoms with Crippen LogP contribution < -0.4 is 5.32 Å². The highest BCUT2D eigenvalue weighted by atomic mass is 32.2. The third-order valence-corrected chi connectivity index (χ3v) is 3.61. The zero-order valence-corrected chi connectivity index (χ0v) is 11.1. The second-order valence-electron chi connectivity index (χ2n) is 3.97. The zero-order chi connectivity index (χ0) is 14.4. The molecule has 0 saturated carbocycles. The SMILES string of the molecule is CC(=O)NC(CS(=O)Cc1cccc(F)c1)C(=O)O. The summed E-state index contributed by atoms with van der Waals surface area (Å²) in [5.41, 5.74) is 0.519. The molecule has 0 aliphatic carbocycles. The van der Waals surface area contributed by atoms with Gasteiger partial charge in [-0.15, -0.1) is 0 Å². The van der Waals surface area contributed by atoms with E-state index in [0.29, 0.717) is 5.56 Å². The topological polar surface area (TPSA) is 83.5 Å². The largest absolute Gasteiger partial charge is 0.480 e. The van der Waals surface area contributed by atoms with Gasteiger partial charge in [0.25, 0.3) is 0 Å². The molecule has 19 heavy (non-hydrogen) atoms. The molecule has 0 heterocycles. The maximum Gasteiger partial charge on any atom is 0.327 e. The van der Waals surface area contributed by atoms with Gasteiger partial charge in [-0.2, -0.15) is 0 Å². The van der Waals surface area contributed by atoms with Gasteiger partial charge in [0.1, 0.15) is 11.9 Å². The van der Waals surface area contributed by atoms with Gasteiger partial charge >= 0.3 is 5.97 Å². The van der Waals surface area contributed by atoms with Gasteiger partial charge in [0.05, 0.1) is 5.75 Å². The molecule has 1 aromatic rings. The van der Waals surface area contributed by atoms with Crippen molar-refractivity contribution in [2.45, 2.75) is 18.7 Å². The Bertz CT molecular complexity index is 506. The zero-order valence-electron chi connectivity index (χ0n) is 10.3. The number of aliphatic carboxylic acids is 1.